The quantitative estimate of drug-likeness (QED) is 0.639. The van der Waals surface area contributed by atoms with Gasteiger partial charge in [-0.05, 0) is 61.0 Å². The Hall–Kier alpha value is -1.15. The summed E-state index contributed by atoms with van der Waals surface area (Å²) in [5.74, 6) is 2.45. The van der Waals surface area contributed by atoms with Crippen LogP contribution in [-0.2, 0) is 11.3 Å². The molecule has 0 spiro atoms. The minimum Gasteiger partial charge on any atom is -0.372 e. The van der Waals surface area contributed by atoms with Crippen molar-refractivity contribution in [2.45, 2.75) is 72.5 Å². The van der Waals surface area contributed by atoms with E-state index in [0.717, 1.165) is 29.9 Å². The van der Waals surface area contributed by atoms with Crippen molar-refractivity contribution in [2.75, 3.05) is 0 Å². The highest BCUT2D eigenvalue weighted by atomic mass is 16.5. The molecule has 4 atom stereocenters. The molecule has 2 aliphatic carbocycles. The number of rotatable bonds is 5. The normalized spacial score (nSPS) is 33.2. The summed E-state index contributed by atoms with van der Waals surface area (Å²) in [5.41, 5.74) is 3.10. The average molecular weight is 328 g/mol. The van der Waals surface area contributed by atoms with E-state index >= 15 is 0 Å². The fourth-order valence-electron chi connectivity index (χ4n) is 5.18. The van der Waals surface area contributed by atoms with Crippen LogP contribution in [0.15, 0.2) is 36.0 Å². The van der Waals surface area contributed by atoms with E-state index in [4.69, 9.17) is 4.74 Å². The molecule has 1 aromatic heterocycles. The summed E-state index contributed by atoms with van der Waals surface area (Å²) in [4.78, 5) is 4.37. The van der Waals surface area contributed by atoms with Crippen LogP contribution in [0.25, 0.3) is 0 Å². The van der Waals surface area contributed by atoms with Crippen LogP contribution in [0.3, 0.4) is 0 Å². The number of allylic oxidation sites excluding steroid dienone is 1. The Morgan fingerprint density at radius 3 is 2.83 bits per heavy atom. The van der Waals surface area contributed by atoms with E-state index in [9.17, 15) is 0 Å². The second-order valence-electron chi connectivity index (χ2n) is 8.30. The van der Waals surface area contributed by atoms with Crippen molar-refractivity contribution in [3.05, 3.63) is 41.7 Å². The molecule has 0 bridgehead atoms. The van der Waals surface area contributed by atoms with E-state index in [-0.39, 0.29) is 0 Å². The van der Waals surface area contributed by atoms with Crippen LogP contribution in [0.2, 0.25) is 0 Å². The zero-order chi connectivity index (χ0) is 17.2. The molecule has 24 heavy (non-hydrogen) atoms. The molecular formula is C22H33NO. The number of fused-ring (bicyclic) bond motifs is 1. The summed E-state index contributed by atoms with van der Waals surface area (Å²) < 4.78 is 6.20. The molecule has 1 saturated carbocycles. The number of hydrogen-bond acceptors (Lipinski definition) is 2. The zero-order valence-electron chi connectivity index (χ0n) is 15.8. The Kier molecular flexibility index (Phi) is 5.44. The van der Waals surface area contributed by atoms with Gasteiger partial charge in [0.05, 0.1) is 18.4 Å². The van der Waals surface area contributed by atoms with Gasteiger partial charge < -0.3 is 4.74 Å². The number of nitrogens with zero attached hydrogens (tertiary/aromatic N) is 1. The van der Waals surface area contributed by atoms with Crippen LogP contribution in [0.4, 0.5) is 0 Å². The first-order chi connectivity index (χ1) is 11.5. The first kappa shape index (κ1) is 17.7. The molecule has 2 nitrogen and oxygen atoms in total. The number of aromatic nitrogens is 1. The molecule has 0 amide bonds. The molecule has 0 aliphatic heterocycles. The standard InChI is InChI=1S/C22H33NO/c1-5-21-20(16(2)3)10-9-17-14-19(11-12-22(17,21)4)24-15-18-8-6-7-13-23-18/h6-9,13,16,19-21H,5,10-12,14-15H2,1-4H3/t19-,20?,21?,22-/m0/s1. The lowest BCUT2D eigenvalue weighted by molar-refractivity contribution is -0.0143. The SMILES string of the molecule is CCC1C(C(C)C)CC=C2C[C@@H](OCc3ccccn3)CC[C@@]21C. The van der Waals surface area contributed by atoms with E-state index in [1.807, 2.05) is 24.4 Å². The third kappa shape index (κ3) is 3.44. The summed E-state index contributed by atoms with van der Waals surface area (Å²) >= 11 is 0. The van der Waals surface area contributed by atoms with Gasteiger partial charge in [-0.15, -0.1) is 0 Å². The molecule has 0 N–H and O–H groups in total. The molecular weight excluding hydrogens is 294 g/mol. The molecule has 1 heterocycles. The molecule has 2 aliphatic rings. The Bertz CT molecular complexity index is 565. The van der Waals surface area contributed by atoms with E-state index in [2.05, 4.69) is 38.8 Å². The fraction of sp³-hybridized carbons (Fsp3) is 0.682. The second kappa shape index (κ2) is 7.39. The van der Waals surface area contributed by atoms with Crippen molar-refractivity contribution in [1.29, 1.82) is 0 Å². The van der Waals surface area contributed by atoms with Crippen LogP contribution < -0.4 is 0 Å². The first-order valence-corrected chi connectivity index (χ1v) is 9.75. The minimum atomic E-state index is 0.361. The predicted molar refractivity (Wildman–Crippen MR) is 99.6 cm³/mol. The summed E-state index contributed by atoms with van der Waals surface area (Å²) in [6, 6.07) is 6.04. The van der Waals surface area contributed by atoms with E-state index in [1.54, 1.807) is 5.57 Å². The Morgan fingerprint density at radius 2 is 2.17 bits per heavy atom. The predicted octanol–water partition coefficient (Wildman–Crippen LogP) is 5.79. The summed E-state index contributed by atoms with van der Waals surface area (Å²) in [5, 5.41) is 0. The zero-order valence-corrected chi connectivity index (χ0v) is 15.8. The lowest BCUT2D eigenvalue weighted by Gasteiger charge is -2.51. The van der Waals surface area contributed by atoms with E-state index in [1.165, 1.54) is 25.7 Å². The lowest BCUT2D eigenvalue weighted by Crippen LogP contribution is -2.43. The van der Waals surface area contributed by atoms with Gasteiger partial charge in [0.25, 0.3) is 0 Å². The third-order valence-corrected chi connectivity index (χ3v) is 6.63. The minimum absolute atomic E-state index is 0.361. The van der Waals surface area contributed by atoms with Crippen molar-refractivity contribution in [3.63, 3.8) is 0 Å². The summed E-state index contributed by atoms with van der Waals surface area (Å²) in [6.07, 6.45) is 10.9. The molecule has 3 rings (SSSR count). The van der Waals surface area contributed by atoms with Crippen molar-refractivity contribution >= 4 is 0 Å². The third-order valence-electron chi connectivity index (χ3n) is 6.63. The van der Waals surface area contributed by atoms with Crippen molar-refractivity contribution < 1.29 is 4.74 Å². The van der Waals surface area contributed by atoms with Gasteiger partial charge in [0, 0.05) is 6.20 Å². The maximum Gasteiger partial charge on any atom is 0.0891 e. The maximum atomic E-state index is 6.20. The summed E-state index contributed by atoms with van der Waals surface area (Å²) in [7, 11) is 0. The number of ether oxygens (including phenoxy) is 1. The van der Waals surface area contributed by atoms with Gasteiger partial charge in [-0.25, -0.2) is 0 Å². The van der Waals surface area contributed by atoms with Gasteiger partial charge >= 0.3 is 0 Å². The van der Waals surface area contributed by atoms with Crippen molar-refractivity contribution in [2.24, 2.45) is 23.2 Å². The van der Waals surface area contributed by atoms with Crippen LogP contribution in [0, 0.1) is 23.2 Å². The number of pyridine rings is 1. The van der Waals surface area contributed by atoms with Crippen LogP contribution in [-0.4, -0.2) is 11.1 Å². The van der Waals surface area contributed by atoms with Gasteiger partial charge in [0.1, 0.15) is 0 Å². The monoisotopic (exact) mass is 327 g/mol. The largest absolute Gasteiger partial charge is 0.372 e. The Morgan fingerprint density at radius 1 is 1.33 bits per heavy atom. The highest BCUT2D eigenvalue weighted by Crippen LogP contribution is 2.55. The number of hydrogen-bond donors (Lipinski definition) is 0. The first-order valence-electron chi connectivity index (χ1n) is 9.75. The maximum absolute atomic E-state index is 6.20. The molecule has 132 valence electrons. The molecule has 1 aromatic rings. The van der Waals surface area contributed by atoms with Crippen molar-refractivity contribution in [1.82, 2.24) is 4.98 Å². The molecule has 0 saturated heterocycles. The van der Waals surface area contributed by atoms with Gasteiger partial charge in [-0.3, -0.25) is 4.98 Å². The molecule has 2 heteroatoms. The molecule has 0 aromatic carbocycles. The van der Waals surface area contributed by atoms with Crippen LogP contribution in [0.1, 0.15) is 65.5 Å². The van der Waals surface area contributed by atoms with Gasteiger partial charge in [-0.1, -0.05) is 51.8 Å². The molecule has 2 unspecified atom stereocenters. The summed E-state index contributed by atoms with van der Waals surface area (Å²) in [6.45, 7) is 10.4. The second-order valence-corrected chi connectivity index (χ2v) is 8.30. The van der Waals surface area contributed by atoms with Gasteiger partial charge in [0.2, 0.25) is 0 Å². The Balaban J connectivity index is 1.67. The highest BCUT2D eigenvalue weighted by molar-refractivity contribution is 5.23. The van der Waals surface area contributed by atoms with Crippen molar-refractivity contribution in [3.8, 4) is 0 Å². The average Bonchev–Trinajstić information content (AvgIpc) is 2.59. The Labute approximate surface area is 147 Å². The highest BCUT2D eigenvalue weighted by Gasteiger charge is 2.46. The van der Waals surface area contributed by atoms with Crippen LogP contribution >= 0.6 is 0 Å². The lowest BCUT2D eigenvalue weighted by atomic mass is 9.54. The topological polar surface area (TPSA) is 22.1 Å². The van der Waals surface area contributed by atoms with Crippen LogP contribution in [0.5, 0.6) is 0 Å². The van der Waals surface area contributed by atoms with E-state index < -0.39 is 0 Å². The fourth-order valence-corrected chi connectivity index (χ4v) is 5.18. The van der Waals surface area contributed by atoms with Gasteiger partial charge in [-0.2, -0.15) is 0 Å². The van der Waals surface area contributed by atoms with E-state index in [0.29, 0.717) is 18.1 Å². The smallest absolute Gasteiger partial charge is 0.0891 e. The molecule has 0 radical (unpaired) electrons. The van der Waals surface area contributed by atoms with Gasteiger partial charge in [0.15, 0.2) is 0 Å². The molecule has 1 fully saturated rings.